The summed E-state index contributed by atoms with van der Waals surface area (Å²) >= 11 is 0. The lowest BCUT2D eigenvalue weighted by atomic mass is 10.1. The van der Waals surface area contributed by atoms with Gasteiger partial charge in [-0.15, -0.1) is 0 Å². The van der Waals surface area contributed by atoms with Gasteiger partial charge < -0.3 is 9.64 Å². The summed E-state index contributed by atoms with van der Waals surface area (Å²) in [4.78, 5) is 13.8. The smallest absolute Gasteiger partial charge is 0.223 e. The zero-order valence-electron chi connectivity index (χ0n) is 10.1. The van der Waals surface area contributed by atoms with Crippen molar-refractivity contribution in [1.82, 2.24) is 4.90 Å². The van der Waals surface area contributed by atoms with Crippen LogP contribution >= 0.6 is 0 Å². The Morgan fingerprint density at radius 2 is 2.31 bits per heavy atom. The van der Waals surface area contributed by atoms with E-state index in [0.29, 0.717) is 32.0 Å². The molecule has 4 nitrogen and oxygen atoms in total. The fraction of sp³-hybridized carbons (Fsp3) is 0.833. The minimum absolute atomic E-state index is 0.169. The summed E-state index contributed by atoms with van der Waals surface area (Å²) in [7, 11) is 1.65. The van der Waals surface area contributed by atoms with Gasteiger partial charge in [0.25, 0.3) is 0 Å². The maximum Gasteiger partial charge on any atom is 0.223 e. The van der Waals surface area contributed by atoms with Crippen LogP contribution in [0.25, 0.3) is 0 Å². The molecule has 0 spiro atoms. The van der Waals surface area contributed by atoms with E-state index in [2.05, 4.69) is 6.07 Å². The standard InChI is InChI=1S/C12H20N2O2/c1-10(9-16-2)8-12(15)14(7-3-6-13)11-4-5-11/h10-11H,3-5,7-9H2,1-2H3. The number of methoxy groups -OCH3 is 1. The van der Waals surface area contributed by atoms with E-state index in [-0.39, 0.29) is 11.8 Å². The Morgan fingerprint density at radius 1 is 1.62 bits per heavy atom. The molecular weight excluding hydrogens is 204 g/mol. The summed E-state index contributed by atoms with van der Waals surface area (Å²) in [6, 6.07) is 2.49. The summed E-state index contributed by atoms with van der Waals surface area (Å²) in [6.45, 7) is 3.21. The van der Waals surface area contributed by atoms with E-state index in [9.17, 15) is 4.79 Å². The van der Waals surface area contributed by atoms with Crippen molar-refractivity contribution in [2.24, 2.45) is 5.92 Å². The van der Waals surface area contributed by atoms with Crippen LogP contribution in [0.4, 0.5) is 0 Å². The van der Waals surface area contributed by atoms with E-state index in [0.717, 1.165) is 12.8 Å². The second kappa shape index (κ2) is 6.49. The number of nitriles is 1. The van der Waals surface area contributed by atoms with Gasteiger partial charge in [-0.3, -0.25) is 4.79 Å². The first kappa shape index (κ1) is 13.0. The molecular formula is C12H20N2O2. The Kier molecular flexibility index (Phi) is 5.27. The average Bonchev–Trinajstić information content (AvgIpc) is 3.02. The lowest BCUT2D eigenvalue weighted by molar-refractivity contribution is -0.133. The molecule has 1 atom stereocenters. The third-order valence-electron chi connectivity index (χ3n) is 2.75. The van der Waals surface area contributed by atoms with Crippen LogP contribution in [0.2, 0.25) is 0 Å². The maximum atomic E-state index is 12.0. The molecule has 0 aromatic carbocycles. The highest BCUT2D eigenvalue weighted by molar-refractivity contribution is 5.77. The molecule has 4 heteroatoms. The second-order valence-electron chi connectivity index (χ2n) is 4.49. The number of hydrogen-bond acceptors (Lipinski definition) is 3. The molecule has 16 heavy (non-hydrogen) atoms. The molecule has 0 N–H and O–H groups in total. The molecule has 1 unspecified atom stereocenters. The molecule has 0 aromatic heterocycles. The average molecular weight is 224 g/mol. The van der Waals surface area contributed by atoms with Gasteiger partial charge >= 0.3 is 0 Å². The van der Waals surface area contributed by atoms with Crippen LogP contribution in [0.5, 0.6) is 0 Å². The Morgan fingerprint density at radius 3 is 2.81 bits per heavy atom. The van der Waals surface area contributed by atoms with E-state index < -0.39 is 0 Å². The normalized spacial score (nSPS) is 16.6. The lowest BCUT2D eigenvalue weighted by Crippen LogP contribution is -2.35. The number of carbonyl (C=O) groups is 1. The Hall–Kier alpha value is -1.08. The summed E-state index contributed by atoms with van der Waals surface area (Å²) < 4.78 is 5.02. The monoisotopic (exact) mass is 224 g/mol. The third-order valence-corrected chi connectivity index (χ3v) is 2.75. The van der Waals surface area contributed by atoms with Crippen LogP contribution in [0.1, 0.15) is 32.6 Å². The first-order chi connectivity index (χ1) is 7.69. The van der Waals surface area contributed by atoms with Gasteiger partial charge in [-0.1, -0.05) is 6.92 Å². The number of hydrogen-bond donors (Lipinski definition) is 0. The fourth-order valence-electron chi connectivity index (χ4n) is 1.83. The Bertz CT molecular complexity index is 269. The van der Waals surface area contributed by atoms with Crippen LogP contribution in [0.3, 0.4) is 0 Å². The molecule has 0 bridgehead atoms. The van der Waals surface area contributed by atoms with Crippen molar-refractivity contribution in [2.45, 2.75) is 38.6 Å². The highest BCUT2D eigenvalue weighted by atomic mass is 16.5. The minimum atomic E-state index is 0.169. The van der Waals surface area contributed by atoms with Crippen molar-refractivity contribution < 1.29 is 9.53 Å². The molecule has 0 heterocycles. The van der Waals surface area contributed by atoms with Gasteiger partial charge in [0.15, 0.2) is 0 Å². The zero-order chi connectivity index (χ0) is 12.0. The molecule has 0 saturated heterocycles. The van der Waals surface area contributed by atoms with Crippen molar-refractivity contribution in [1.29, 1.82) is 5.26 Å². The number of nitrogens with zero attached hydrogens (tertiary/aromatic N) is 2. The van der Waals surface area contributed by atoms with Gasteiger partial charge in [-0.2, -0.15) is 5.26 Å². The van der Waals surface area contributed by atoms with Crippen LogP contribution in [0.15, 0.2) is 0 Å². The minimum Gasteiger partial charge on any atom is -0.384 e. The molecule has 0 aliphatic heterocycles. The second-order valence-corrected chi connectivity index (χ2v) is 4.49. The lowest BCUT2D eigenvalue weighted by Gasteiger charge is -2.22. The maximum absolute atomic E-state index is 12.0. The number of ether oxygens (including phenoxy) is 1. The molecule has 0 aromatic rings. The largest absolute Gasteiger partial charge is 0.384 e. The van der Waals surface area contributed by atoms with Crippen molar-refractivity contribution in [2.75, 3.05) is 20.3 Å². The van der Waals surface area contributed by atoms with Gasteiger partial charge in [-0.25, -0.2) is 0 Å². The van der Waals surface area contributed by atoms with Crippen molar-refractivity contribution in [3.8, 4) is 6.07 Å². The molecule has 1 rings (SSSR count). The van der Waals surface area contributed by atoms with E-state index in [1.165, 1.54) is 0 Å². The number of rotatable bonds is 7. The van der Waals surface area contributed by atoms with Gasteiger partial charge in [-0.05, 0) is 18.8 Å². The quantitative estimate of drug-likeness (QED) is 0.659. The third kappa shape index (κ3) is 4.19. The van der Waals surface area contributed by atoms with Gasteiger partial charge in [0.1, 0.15) is 0 Å². The topological polar surface area (TPSA) is 53.3 Å². The highest BCUT2D eigenvalue weighted by Crippen LogP contribution is 2.28. The molecule has 1 fully saturated rings. The summed E-state index contributed by atoms with van der Waals surface area (Å²) in [5, 5.41) is 8.56. The van der Waals surface area contributed by atoms with E-state index in [4.69, 9.17) is 10.00 Å². The molecule has 1 saturated carbocycles. The summed E-state index contributed by atoms with van der Waals surface area (Å²) in [5.41, 5.74) is 0. The Labute approximate surface area is 97.2 Å². The van der Waals surface area contributed by atoms with Crippen LogP contribution < -0.4 is 0 Å². The van der Waals surface area contributed by atoms with E-state index in [1.54, 1.807) is 7.11 Å². The van der Waals surface area contributed by atoms with Crippen molar-refractivity contribution in [3.63, 3.8) is 0 Å². The molecule has 1 amide bonds. The number of carbonyl (C=O) groups excluding carboxylic acids is 1. The SMILES string of the molecule is COCC(C)CC(=O)N(CCC#N)C1CC1. The summed E-state index contributed by atoms with van der Waals surface area (Å²) in [5.74, 6) is 0.420. The van der Waals surface area contributed by atoms with Gasteiger partial charge in [0.2, 0.25) is 5.91 Å². The molecule has 1 aliphatic rings. The zero-order valence-corrected chi connectivity index (χ0v) is 10.1. The molecule has 0 radical (unpaired) electrons. The van der Waals surface area contributed by atoms with Gasteiger partial charge in [0.05, 0.1) is 12.5 Å². The first-order valence-electron chi connectivity index (χ1n) is 5.84. The van der Waals surface area contributed by atoms with Crippen molar-refractivity contribution >= 4 is 5.91 Å². The van der Waals surface area contributed by atoms with Crippen molar-refractivity contribution in [3.05, 3.63) is 0 Å². The Balaban J connectivity index is 2.38. The van der Waals surface area contributed by atoms with Gasteiger partial charge in [0, 0.05) is 32.7 Å². The van der Waals surface area contributed by atoms with Crippen LogP contribution in [-0.4, -0.2) is 37.1 Å². The molecule has 1 aliphatic carbocycles. The fourth-order valence-corrected chi connectivity index (χ4v) is 1.83. The first-order valence-corrected chi connectivity index (χ1v) is 5.84. The molecule has 90 valence electrons. The van der Waals surface area contributed by atoms with E-state index >= 15 is 0 Å². The van der Waals surface area contributed by atoms with Crippen LogP contribution in [-0.2, 0) is 9.53 Å². The van der Waals surface area contributed by atoms with Crippen LogP contribution in [0, 0.1) is 17.2 Å². The predicted molar refractivity (Wildman–Crippen MR) is 60.6 cm³/mol. The number of amides is 1. The van der Waals surface area contributed by atoms with E-state index in [1.807, 2.05) is 11.8 Å². The summed E-state index contributed by atoms with van der Waals surface area (Å²) in [6.07, 6.45) is 3.14. The highest BCUT2D eigenvalue weighted by Gasteiger charge is 2.32. The predicted octanol–water partition coefficient (Wildman–Crippen LogP) is 1.56.